The van der Waals surface area contributed by atoms with E-state index in [0.29, 0.717) is 40.1 Å². The number of fused-ring (bicyclic) bond motifs is 1. The summed E-state index contributed by atoms with van der Waals surface area (Å²) >= 11 is 5.79. The Morgan fingerprint density at radius 1 is 1.24 bits per heavy atom. The number of nitrogens with two attached hydrogens (primary N) is 1. The van der Waals surface area contributed by atoms with Crippen LogP contribution < -0.4 is 21.9 Å². The van der Waals surface area contributed by atoms with Gasteiger partial charge in [0.2, 0.25) is 18.2 Å². The molecular formula is C23H24ClN5O4. The van der Waals surface area contributed by atoms with Crippen molar-refractivity contribution in [3.63, 3.8) is 0 Å². The number of benzene rings is 2. The SMILES string of the molecule is Cc1ccc(NC=O)cc1Cl.Cc1nc2cccc(CN)c2c(=O)n1C1CCC(=O)NC1=O. The lowest BCUT2D eigenvalue weighted by molar-refractivity contribution is -0.135. The molecule has 0 bridgehead atoms. The van der Waals surface area contributed by atoms with Crippen LogP contribution in [-0.2, 0) is 20.9 Å². The zero-order chi connectivity index (χ0) is 24.1. The molecular weight excluding hydrogens is 446 g/mol. The number of anilines is 1. The van der Waals surface area contributed by atoms with E-state index in [0.717, 1.165) is 11.3 Å². The molecule has 0 aliphatic carbocycles. The molecule has 4 N–H and O–H groups in total. The van der Waals surface area contributed by atoms with Crippen LogP contribution in [0.3, 0.4) is 0 Å². The summed E-state index contributed by atoms with van der Waals surface area (Å²) in [4.78, 5) is 50.6. The van der Waals surface area contributed by atoms with Crippen LogP contribution in [0.15, 0.2) is 41.2 Å². The van der Waals surface area contributed by atoms with Gasteiger partial charge in [0.15, 0.2) is 0 Å². The molecule has 1 aliphatic heterocycles. The third-order valence-electron chi connectivity index (χ3n) is 5.33. The van der Waals surface area contributed by atoms with Gasteiger partial charge < -0.3 is 11.1 Å². The lowest BCUT2D eigenvalue weighted by Gasteiger charge is -2.24. The van der Waals surface area contributed by atoms with E-state index >= 15 is 0 Å². The number of imide groups is 1. The van der Waals surface area contributed by atoms with Crippen LogP contribution in [0.1, 0.15) is 35.8 Å². The summed E-state index contributed by atoms with van der Waals surface area (Å²) in [5.74, 6) is -0.336. The highest BCUT2D eigenvalue weighted by Gasteiger charge is 2.30. The summed E-state index contributed by atoms with van der Waals surface area (Å²) in [5, 5.41) is 5.87. The molecule has 172 valence electrons. The number of hydrogen-bond donors (Lipinski definition) is 3. The number of carbonyl (C=O) groups excluding carboxylic acids is 3. The molecule has 10 heteroatoms. The summed E-state index contributed by atoms with van der Waals surface area (Å²) in [6, 6.07) is 9.97. The Kier molecular flexibility index (Phi) is 7.57. The highest BCUT2D eigenvalue weighted by atomic mass is 35.5. The quantitative estimate of drug-likeness (QED) is 0.396. The van der Waals surface area contributed by atoms with Gasteiger partial charge in [0, 0.05) is 23.7 Å². The van der Waals surface area contributed by atoms with Crippen LogP contribution in [0.2, 0.25) is 5.02 Å². The number of aryl methyl sites for hydroxylation is 2. The Morgan fingerprint density at radius 3 is 2.64 bits per heavy atom. The predicted octanol–water partition coefficient (Wildman–Crippen LogP) is 2.36. The van der Waals surface area contributed by atoms with Crippen molar-refractivity contribution in [3.05, 3.63) is 68.7 Å². The van der Waals surface area contributed by atoms with Crippen LogP contribution >= 0.6 is 11.6 Å². The van der Waals surface area contributed by atoms with Gasteiger partial charge in [-0.3, -0.25) is 29.1 Å². The van der Waals surface area contributed by atoms with Crippen LogP contribution in [0.5, 0.6) is 0 Å². The second-order valence-electron chi connectivity index (χ2n) is 7.54. The molecule has 2 heterocycles. The largest absolute Gasteiger partial charge is 0.329 e. The van der Waals surface area contributed by atoms with Crippen molar-refractivity contribution in [2.75, 3.05) is 5.32 Å². The fraction of sp³-hybridized carbons (Fsp3) is 0.261. The zero-order valence-electron chi connectivity index (χ0n) is 18.2. The summed E-state index contributed by atoms with van der Waals surface area (Å²) in [6.07, 6.45) is 1.13. The maximum Gasteiger partial charge on any atom is 0.262 e. The van der Waals surface area contributed by atoms with E-state index in [1.165, 1.54) is 4.57 Å². The molecule has 1 unspecified atom stereocenters. The van der Waals surface area contributed by atoms with Crippen molar-refractivity contribution < 1.29 is 14.4 Å². The monoisotopic (exact) mass is 469 g/mol. The number of amides is 3. The van der Waals surface area contributed by atoms with E-state index in [9.17, 15) is 19.2 Å². The van der Waals surface area contributed by atoms with Gasteiger partial charge >= 0.3 is 0 Å². The van der Waals surface area contributed by atoms with Crippen molar-refractivity contribution in [1.29, 1.82) is 0 Å². The molecule has 1 fully saturated rings. The lowest BCUT2D eigenvalue weighted by Crippen LogP contribution is -2.45. The van der Waals surface area contributed by atoms with Gasteiger partial charge in [0.1, 0.15) is 11.9 Å². The zero-order valence-corrected chi connectivity index (χ0v) is 19.0. The minimum Gasteiger partial charge on any atom is -0.329 e. The van der Waals surface area contributed by atoms with E-state index in [4.69, 9.17) is 17.3 Å². The van der Waals surface area contributed by atoms with E-state index in [1.807, 2.05) is 13.0 Å². The molecule has 1 aromatic heterocycles. The number of halogens is 1. The number of nitrogens with one attached hydrogen (secondary N) is 2. The number of rotatable bonds is 4. The Bertz CT molecular complexity index is 1290. The summed E-state index contributed by atoms with van der Waals surface area (Å²) in [6.45, 7) is 3.80. The Labute approximate surface area is 194 Å². The van der Waals surface area contributed by atoms with Gasteiger partial charge in [-0.05, 0) is 49.6 Å². The van der Waals surface area contributed by atoms with Gasteiger partial charge in [-0.1, -0.05) is 29.8 Å². The molecule has 3 aromatic rings. The fourth-order valence-electron chi connectivity index (χ4n) is 3.64. The van der Waals surface area contributed by atoms with Crippen molar-refractivity contribution in [2.45, 2.75) is 39.3 Å². The number of carbonyl (C=O) groups is 3. The summed E-state index contributed by atoms with van der Waals surface area (Å²) in [7, 11) is 0. The smallest absolute Gasteiger partial charge is 0.262 e. The van der Waals surface area contributed by atoms with Gasteiger partial charge in [0.25, 0.3) is 5.56 Å². The highest BCUT2D eigenvalue weighted by molar-refractivity contribution is 6.31. The van der Waals surface area contributed by atoms with E-state index < -0.39 is 11.9 Å². The molecule has 1 saturated heterocycles. The van der Waals surface area contributed by atoms with Crippen LogP contribution in [-0.4, -0.2) is 27.8 Å². The first-order chi connectivity index (χ1) is 15.8. The Hall–Kier alpha value is -3.56. The molecule has 2 aromatic carbocycles. The third-order valence-corrected chi connectivity index (χ3v) is 5.74. The normalized spacial score (nSPS) is 15.5. The van der Waals surface area contributed by atoms with Crippen molar-refractivity contribution in [2.24, 2.45) is 5.73 Å². The van der Waals surface area contributed by atoms with Crippen molar-refractivity contribution >= 4 is 46.4 Å². The molecule has 0 saturated carbocycles. The predicted molar refractivity (Wildman–Crippen MR) is 126 cm³/mol. The fourth-order valence-corrected chi connectivity index (χ4v) is 3.82. The molecule has 9 nitrogen and oxygen atoms in total. The maximum atomic E-state index is 12.9. The number of hydrogen-bond acceptors (Lipinski definition) is 6. The number of nitrogens with zero attached hydrogens (tertiary/aromatic N) is 2. The second-order valence-corrected chi connectivity index (χ2v) is 7.95. The molecule has 3 amide bonds. The average molecular weight is 470 g/mol. The van der Waals surface area contributed by atoms with Gasteiger partial charge in [0.05, 0.1) is 10.9 Å². The minimum absolute atomic E-state index is 0.207. The van der Waals surface area contributed by atoms with Crippen molar-refractivity contribution in [1.82, 2.24) is 14.9 Å². The van der Waals surface area contributed by atoms with Crippen LogP contribution in [0.25, 0.3) is 10.9 Å². The van der Waals surface area contributed by atoms with Crippen LogP contribution in [0.4, 0.5) is 5.69 Å². The van der Waals surface area contributed by atoms with Gasteiger partial charge in [-0.25, -0.2) is 4.98 Å². The molecule has 0 radical (unpaired) electrons. The average Bonchev–Trinajstić information content (AvgIpc) is 2.78. The number of aromatic nitrogens is 2. The number of piperidine rings is 1. The second kappa shape index (κ2) is 10.4. The first kappa shape index (κ1) is 24.1. The van der Waals surface area contributed by atoms with Gasteiger partial charge in [-0.15, -0.1) is 0 Å². The van der Waals surface area contributed by atoms with E-state index in [1.54, 1.807) is 37.3 Å². The topological polar surface area (TPSA) is 136 Å². The first-order valence-electron chi connectivity index (χ1n) is 10.3. The molecule has 1 aliphatic rings. The minimum atomic E-state index is -0.715. The molecule has 0 spiro atoms. The molecule has 4 rings (SSSR count). The first-order valence-corrected chi connectivity index (χ1v) is 10.7. The molecule has 33 heavy (non-hydrogen) atoms. The van der Waals surface area contributed by atoms with Crippen LogP contribution in [0, 0.1) is 13.8 Å². The standard InChI is InChI=1S/C15H16N4O3.C8H8ClNO/c1-8-17-10-4-2-3-9(7-16)13(10)15(22)19(8)11-5-6-12(20)18-14(11)21;1-6-2-3-7(10-5-11)4-8(6)9/h2-4,11H,5-7,16H2,1H3,(H,18,20,21);2-5H,1H3,(H,10,11). The van der Waals surface area contributed by atoms with E-state index in [2.05, 4.69) is 15.6 Å². The summed E-state index contributed by atoms with van der Waals surface area (Å²) < 4.78 is 1.36. The lowest BCUT2D eigenvalue weighted by atomic mass is 10.0. The summed E-state index contributed by atoms with van der Waals surface area (Å²) in [5.41, 5.74) is 8.38. The van der Waals surface area contributed by atoms with Crippen molar-refractivity contribution in [3.8, 4) is 0 Å². The molecule has 1 atom stereocenters. The van der Waals surface area contributed by atoms with E-state index in [-0.39, 0.29) is 24.4 Å². The third kappa shape index (κ3) is 5.27. The highest BCUT2D eigenvalue weighted by Crippen LogP contribution is 2.21. The Balaban J connectivity index is 0.000000235. The van der Waals surface area contributed by atoms with Gasteiger partial charge in [-0.2, -0.15) is 0 Å². The Morgan fingerprint density at radius 2 is 2.00 bits per heavy atom. The maximum absolute atomic E-state index is 12.9.